The summed E-state index contributed by atoms with van der Waals surface area (Å²) in [5.74, 6) is -0.910. The Hall–Kier alpha value is -2.68. The van der Waals surface area contributed by atoms with Gasteiger partial charge in [0, 0.05) is 11.3 Å². The molecule has 106 valence electrons. The predicted octanol–water partition coefficient (Wildman–Crippen LogP) is 2.18. The highest BCUT2D eigenvalue weighted by atomic mass is 19.1. The van der Waals surface area contributed by atoms with E-state index in [1.807, 2.05) is 0 Å². The first-order chi connectivity index (χ1) is 10.2. The Bertz CT molecular complexity index is 729. The topological polar surface area (TPSA) is 67.9 Å². The van der Waals surface area contributed by atoms with Gasteiger partial charge in [-0.15, -0.1) is 0 Å². The lowest BCUT2D eigenvalue weighted by molar-refractivity contribution is 0.0546. The van der Waals surface area contributed by atoms with Crippen molar-refractivity contribution in [1.82, 2.24) is 9.78 Å². The van der Waals surface area contributed by atoms with Crippen LogP contribution in [0.1, 0.15) is 28.2 Å². The van der Waals surface area contributed by atoms with E-state index in [1.165, 1.54) is 12.1 Å². The largest absolute Gasteiger partial charge is 0.445 e. The summed E-state index contributed by atoms with van der Waals surface area (Å²) in [6.07, 6.45) is 2.51. The van der Waals surface area contributed by atoms with E-state index < -0.39 is 5.97 Å². The van der Waals surface area contributed by atoms with Gasteiger partial charge in [0.2, 0.25) is 0 Å². The second-order valence-corrected chi connectivity index (χ2v) is 4.75. The number of hydrogen-bond donors (Lipinski definition) is 0. The second-order valence-electron chi connectivity index (χ2n) is 4.75. The summed E-state index contributed by atoms with van der Waals surface area (Å²) in [7, 11) is 0. The van der Waals surface area contributed by atoms with Crippen molar-refractivity contribution in [3.63, 3.8) is 0 Å². The van der Waals surface area contributed by atoms with Gasteiger partial charge in [0.05, 0.1) is 5.69 Å². The lowest BCUT2D eigenvalue weighted by Crippen LogP contribution is -2.09. The van der Waals surface area contributed by atoms with Crippen LogP contribution in [0.5, 0.6) is 0 Å². The molecule has 0 saturated carbocycles. The van der Waals surface area contributed by atoms with Crippen molar-refractivity contribution in [2.75, 3.05) is 6.61 Å². The van der Waals surface area contributed by atoms with Crippen molar-refractivity contribution >= 4 is 5.97 Å². The number of fused-ring (bicyclic) bond motifs is 1. The van der Waals surface area contributed by atoms with Crippen molar-refractivity contribution in [1.29, 1.82) is 5.26 Å². The number of ether oxygens (including phenoxy) is 1. The molecular formula is C15H12FN3O2. The van der Waals surface area contributed by atoms with Crippen LogP contribution in [0.2, 0.25) is 0 Å². The first-order valence-corrected chi connectivity index (χ1v) is 6.61. The molecule has 2 aromatic rings. The minimum absolute atomic E-state index is 0.252. The summed E-state index contributed by atoms with van der Waals surface area (Å²) in [5, 5.41) is 12.8. The number of benzene rings is 1. The highest BCUT2D eigenvalue weighted by Gasteiger charge is 2.27. The number of nitriles is 1. The van der Waals surface area contributed by atoms with E-state index >= 15 is 0 Å². The van der Waals surface area contributed by atoms with E-state index in [0.717, 1.165) is 30.5 Å². The number of aromatic nitrogens is 2. The maximum atomic E-state index is 13.0. The molecule has 0 saturated heterocycles. The highest BCUT2D eigenvalue weighted by Crippen LogP contribution is 2.28. The fourth-order valence-corrected chi connectivity index (χ4v) is 2.56. The quantitative estimate of drug-likeness (QED) is 0.811. The molecule has 5 nitrogen and oxygen atoms in total. The van der Waals surface area contributed by atoms with Crippen LogP contribution in [0.25, 0.3) is 5.69 Å². The van der Waals surface area contributed by atoms with Gasteiger partial charge in [0.25, 0.3) is 0 Å². The summed E-state index contributed by atoms with van der Waals surface area (Å²) in [6.45, 7) is -0.295. The lowest BCUT2D eigenvalue weighted by Gasteiger charge is -2.05. The number of carbonyl (C=O) groups is 1. The maximum Gasteiger partial charge on any atom is 0.360 e. The average Bonchev–Trinajstić information content (AvgIpc) is 3.08. The Morgan fingerprint density at radius 1 is 1.38 bits per heavy atom. The Morgan fingerprint density at radius 2 is 2.14 bits per heavy atom. The molecular weight excluding hydrogens is 273 g/mol. The van der Waals surface area contributed by atoms with Gasteiger partial charge in [0.1, 0.15) is 11.9 Å². The molecule has 1 heterocycles. The zero-order valence-corrected chi connectivity index (χ0v) is 11.2. The van der Waals surface area contributed by atoms with Crippen molar-refractivity contribution < 1.29 is 13.9 Å². The van der Waals surface area contributed by atoms with Gasteiger partial charge in [-0.2, -0.15) is 10.4 Å². The molecule has 0 spiro atoms. The zero-order chi connectivity index (χ0) is 14.8. The average molecular weight is 285 g/mol. The standard InChI is InChI=1S/C15H12FN3O2/c16-10-4-6-11(7-5-10)19-13-3-1-2-12(13)14(18-19)15(20)21-9-8-17/h4-7H,1-3,9H2. The summed E-state index contributed by atoms with van der Waals surface area (Å²) in [4.78, 5) is 12.0. The zero-order valence-electron chi connectivity index (χ0n) is 11.2. The minimum Gasteiger partial charge on any atom is -0.445 e. The summed E-state index contributed by atoms with van der Waals surface area (Å²) >= 11 is 0. The normalized spacial score (nSPS) is 12.8. The van der Waals surface area contributed by atoms with Crippen LogP contribution in [-0.4, -0.2) is 22.4 Å². The van der Waals surface area contributed by atoms with Gasteiger partial charge in [-0.25, -0.2) is 13.9 Å². The number of rotatable bonds is 3. The summed E-state index contributed by atoms with van der Waals surface area (Å²) < 4.78 is 19.5. The van der Waals surface area contributed by atoms with E-state index in [0.29, 0.717) is 5.69 Å². The molecule has 0 amide bonds. The van der Waals surface area contributed by atoms with E-state index in [-0.39, 0.29) is 18.1 Å². The molecule has 3 rings (SSSR count). The molecule has 0 aliphatic heterocycles. The lowest BCUT2D eigenvalue weighted by atomic mass is 10.2. The molecule has 0 unspecified atom stereocenters. The maximum absolute atomic E-state index is 13.0. The first-order valence-electron chi connectivity index (χ1n) is 6.61. The Kier molecular flexibility index (Phi) is 3.40. The van der Waals surface area contributed by atoms with Gasteiger partial charge in [0.15, 0.2) is 12.3 Å². The monoisotopic (exact) mass is 285 g/mol. The smallest absolute Gasteiger partial charge is 0.360 e. The molecule has 21 heavy (non-hydrogen) atoms. The predicted molar refractivity (Wildman–Crippen MR) is 71.4 cm³/mol. The third kappa shape index (κ3) is 2.38. The Morgan fingerprint density at radius 3 is 2.86 bits per heavy atom. The minimum atomic E-state index is -0.587. The van der Waals surface area contributed by atoms with Crippen molar-refractivity contribution in [3.8, 4) is 11.8 Å². The molecule has 0 bridgehead atoms. The van der Waals surface area contributed by atoms with Crippen LogP contribution in [0.3, 0.4) is 0 Å². The first kappa shape index (κ1) is 13.3. The molecule has 6 heteroatoms. The van der Waals surface area contributed by atoms with E-state index in [2.05, 4.69) is 5.10 Å². The van der Waals surface area contributed by atoms with Crippen LogP contribution in [0, 0.1) is 17.1 Å². The SMILES string of the molecule is N#CCOC(=O)c1nn(-c2ccc(F)cc2)c2c1CCC2. The van der Waals surface area contributed by atoms with Crippen molar-refractivity contribution in [2.24, 2.45) is 0 Å². The molecule has 1 aliphatic rings. The van der Waals surface area contributed by atoms with E-state index in [1.54, 1.807) is 22.9 Å². The van der Waals surface area contributed by atoms with Gasteiger partial charge in [-0.1, -0.05) is 0 Å². The number of nitrogens with zero attached hydrogens (tertiary/aromatic N) is 3. The Labute approximate surface area is 120 Å². The second kappa shape index (κ2) is 5.37. The molecule has 0 atom stereocenters. The molecule has 1 aromatic heterocycles. The van der Waals surface area contributed by atoms with Crippen LogP contribution < -0.4 is 0 Å². The van der Waals surface area contributed by atoms with Crippen LogP contribution in [-0.2, 0) is 17.6 Å². The van der Waals surface area contributed by atoms with Gasteiger partial charge in [-0.3, -0.25) is 0 Å². The van der Waals surface area contributed by atoms with Crippen molar-refractivity contribution in [2.45, 2.75) is 19.3 Å². The molecule has 0 fully saturated rings. The number of carbonyl (C=O) groups excluding carboxylic acids is 1. The van der Waals surface area contributed by atoms with Crippen molar-refractivity contribution in [3.05, 3.63) is 47.0 Å². The molecule has 1 aromatic carbocycles. The van der Waals surface area contributed by atoms with Crippen LogP contribution in [0.4, 0.5) is 4.39 Å². The number of halogens is 1. The van der Waals surface area contributed by atoms with Gasteiger partial charge < -0.3 is 4.74 Å². The number of esters is 1. The molecule has 1 aliphatic carbocycles. The fraction of sp³-hybridized carbons (Fsp3) is 0.267. The van der Waals surface area contributed by atoms with Crippen LogP contribution >= 0.6 is 0 Å². The van der Waals surface area contributed by atoms with Gasteiger partial charge >= 0.3 is 5.97 Å². The third-order valence-corrected chi connectivity index (χ3v) is 3.46. The van der Waals surface area contributed by atoms with E-state index in [9.17, 15) is 9.18 Å². The van der Waals surface area contributed by atoms with Gasteiger partial charge in [-0.05, 0) is 43.5 Å². The summed E-state index contributed by atoms with van der Waals surface area (Å²) in [5.41, 5.74) is 2.77. The fourth-order valence-electron chi connectivity index (χ4n) is 2.56. The van der Waals surface area contributed by atoms with Crippen LogP contribution in [0.15, 0.2) is 24.3 Å². The third-order valence-electron chi connectivity index (χ3n) is 3.46. The Balaban J connectivity index is 2.01. The summed E-state index contributed by atoms with van der Waals surface area (Å²) in [6, 6.07) is 7.70. The molecule has 0 radical (unpaired) electrons. The van der Waals surface area contributed by atoms with E-state index in [4.69, 9.17) is 10.00 Å². The molecule has 0 N–H and O–H groups in total. The highest BCUT2D eigenvalue weighted by molar-refractivity contribution is 5.89. The number of hydrogen-bond acceptors (Lipinski definition) is 4.